The summed E-state index contributed by atoms with van der Waals surface area (Å²) in [4.78, 5) is 8.63. The Bertz CT molecular complexity index is 1460. The third kappa shape index (κ3) is 3.58. The summed E-state index contributed by atoms with van der Waals surface area (Å²) < 4.78 is 22.2. The van der Waals surface area contributed by atoms with Gasteiger partial charge in [0.25, 0.3) is 0 Å². The van der Waals surface area contributed by atoms with Crippen LogP contribution in [-0.4, -0.2) is 26.8 Å². The molecule has 2 heterocycles. The Morgan fingerprint density at radius 2 is 1.79 bits per heavy atom. The number of hydrogen-bond acceptors (Lipinski definition) is 5. The highest BCUT2D eigenvalue weighted by Gasteiger charge is 2.19. The summed E-state index contributed by atoms with van der Waals surface area (Å²) >= 11 is 0. The number of imidazole rings is 1. The van der Waals surface area contributed by atoms with Crippen LogP contribution < -0.4 is 10.5 Å². The predicted molar refractivity (Wildman–Crippen MR) is 126 cm³/mol. The van der Waals surface area contributed by atoms with Gasteiger partial charge >= 0.3 is 0 Å². The molecule has 6 nitrogen and oxygen atoms in total. The first-order chi connectivity index (χ1) is 16.1. The number of aromatic hydroxyl groups is 1. The average molecular weight is 440 g/mol. The molecule has 0 unspecified atom stereocenters. The fraction of sp³-hybridized carbons (Fsp3) is 0.0769. The average Bonchev–Trinajstić information content (AvgIpc) is 3.30. The Hall–Kier alpha value is -4.23. The van der Waals surface area contributed by atoms with Gasteiger partial charge in [0.15, 0.2) is 5.75 Å². The fourth-order valence-electron chi connectivity index (χ4n) is 3.98. The van der Waals surface area contributed by atoms with E-state index in [0.717, 1.165) is 16.8 Å². The lowest BCUT2D eigenvalue weighted by atomic mass is 9.97. The minimum atomic E-state index is -0.489. The first kappa shape index (κ1) is 20.7. The summed E-state index contributed by atoms with van der Waals surface area (Å²) in [7, 11) is 1.60. The van der Waals surface area contributed by atoms with Gasteiger partial charge in [-0.25, -0.2) is 14.4 Å². The van der Waals surface area contributed by atoms with Crippen molar-refractivity contribution in [2.24, 2.45) is 5.73 Å². The molecular weight excluding hydrogens is 419 g/mol. The van der Waals surface area contributed by atoms with Crippen LogP contribution in [0.4, 0.5) is 4.39 Å². The number of nitrogens with two attached hydrogens (primary N) is 1. The summed E-state index contributed by atoms with van der Waals surface area (Å²) in [6, 6.07) is 19.8. The van der Waals surface area contributed by atoms with Gasteiger partial charge in [0.2, 0.25) is 0 Å². The Labute approximate surface area is 189 Å². The van der Waals surface area contributed by atoms with Gasteiger partial charge in [-0.15, -0.1) is 0 Å². The maximum absolute atomic E-state index is 15.3. The molecule has 0 atom stereocenters. The standard InChI is InChI=1S/C26H21FN4O2/c1-33-19-9-7-18(8-10-19)31-15-30-23-14-29-24(26(32)25(23)31)21-11-6-16(12-22(21)27)20-5-3-2-4-17(20)13-28/h2-12,14-15,32H,13,28H2,1H3. The van der Waals surface area contributed by atoms with Gasteiger partial charge < -0.3 is 15.6 Å². The van der Waals surface area contributed by atoms with Crippen molar-refractivity contribution >= 4 is 11.0 Å². The fourth-order valence-corrected chi connectivity index (χ4v) is 3.98. The maximum Gasteiger partial charge on any atom is 0.168 e. The monoisotopic (exact) mass is 440 g/mol. The van der Waals surface area contributed by atoms with Gasteiger partial charge in [0.05, 0.1) is 13.3 Å². The lowest BCUT2D eigenvalue weighted by molar-refractivity contribution is 0.415. The summed E-state index contributed by atoms with van der Waals surface area (Å²) in [6.45, 7) is 0.355. The molecule has 3 N–H and O–H groups in total. The molecule has 0 fully saturated rings. The van der Waals surface area contributed by atoms with Gasteiger partial charge in [0, 0.05) is 17.8 Å². The van der Waals surface area contributed by atoms with Crippen LogP contribution in [0.3, 0.4) is 0 Å². The molecule has 0 saturated heterocycles. The third-order valence-corrected chi connectivity index (χ3v) is 5.68. The first-order valence-electron chi connectivity index (χ1n) is 10.4. The highest BCUT2D eigenvalue weighted by molar-refractivity contribution is 5.89. The second-order valence-electron chi connectivity index (χ2n) is 7.56. The number of ether oxygens (including phenoxy) is 1. The lowest BCUT2D eigenvalue weighted by Gasteiger charge is -2.12. The van der Waals surface area contributed by atoms with Crippen molar-refractivity contribution in [3.63, 3.8) is 0 Å². The first-order valence-corrected chi connectivity index (χ1v) is 10.4. The summed E-state index contributed by atoms with van der Waals surface area (Å²) in [5.74, 6) is 0.0833. The molecule has 164 valence electrons. The highest BCUT2D eigenvalue weighted by atomic mass is 19.1. The van der Waals surface area contributed by atoms with Gasteiger partial charge in [-0.05, 0) is 53.1 Å². The molecule has 0 aliphatic rings. The number of benzene rings is 3. The van der Waals surface area contributed by atoms with Crippen molar-refractivity contribution in [3.8, 4) is 39.6 Å². The Balaban J connectivity index is 1.61. The molecule has 0 spiro atoms. The normalized spacial score (nSPS) is 11.1. The minimum Gasteiger partial charge on any atom is -0.504 e. The third-order valence-electron chi connectivity index (χ3n) is 5.68. The van der Waals surface area contributed by atoms with Crippen molar-refractivity contribution in [2.45, 2.75) is 6.54 Å². The molecule has 2 aromatic heterocycles. The maximum atomic E-state index is 15.3. The van der Waals surface area contributed by atoms with Crippen LogP contribution in [0.25, 0.3) is 39.1 Å². The number of aromatic nitrogens is 3. The van der Waals surface area contributed by atoms with Crippen molar-refractivity contribution in [1.82, 2.24) is 14.5 Å². The summed E-state index contributed by atoms with van der Waals surface area (Å²) in [5, 5.41) is 11.1. The van der Waals surface area contributed by atoms with E-state index < -0.39 is 5.82 Å². The number of nitrogens with zero attached hydrogens (tertiary/aromatic N) is 3. The van der Waals surface area contributed by atoms with Gasteiger partial charge in [0.1, 0.15) is 34.6 Å². The van der Waals surface area contributed by atoms with Gasteiger partial charge in [-0.1, -0.05) is 30.3 Å². The van der Waals surface area contributed by atoms with E-state index in [0.29, 0.717) is 28.9 Å². The van der Waals surface area contributed by atoms with Crippen molar-refractivity contribution in [3.05, 3.63) is 90.6 Å². The minimum absolute atomic E-state index is 0.144. The van der Waals surface area contributed by atoms with E-state index in [2.05, 4.69) is 9.97 Å². The van der Waals surface area contributed by atoms with E-state index in [1.807, 2.05) is 48.5 Å². The van der Waals surface area contributed by atoms with Crippen molar-refractivity contribution in [2.75, 3.05) is 7.11 Å². The summed E-state index contributed by atoms with van der Waals surface area (Å²) in [6.07, 6.45) is 3.13. The number of halogens is 1. The lowest BCUT2D eigenvalue weighted by Crippen LogP contribution is -1.99. The molecule has 33 heavy (non-hydrogen) atoms. The van der Waals surface area contributed by atoms with Gasteiger partial charge in [-0.3, -0.25) is 4.57 Å². The molecular formula is C26H21FN4O2. The van der Waals surface area contributed by atoms with Crippen LogP contribution in [0.2, 0.25) is 0 Å². The van der Waals surface area contributed by atoms with Crippen LogP contribution >= 0.6 is 0 Å². The Kier molecular flexibility index (Phi) is 5.24. The van der Waals surface area contributed by atoms with E-state index in [9.17, 15) is 5.11 Å². The highest BCUT2D eigenvalue weighted by Crippen LogP contribution is 2.37. The molecule has 0 radical (unpaired) electrons. The number of pyridine rings is 1. The molecule has 0 bridgehead atoms. The Morgan fingerprint density at radius 3 is 2.52 bits per heavy atom. The van der Waals surface area contributed by atoms with Crippen LogP contribution in [0.1, 0.15) is 5.56 Å². The molecule has 3 aromatic carbocycles. The largest absolute Gasteiger partial charge is 0.504 e. The molecule has 7 heteroatoms. The summed E-state index contributed by atoms with van der Waals surface area (Å²) in [5.41, 5.74) is 10.4. The molecule has 0 saturated carbocycles. The van der Waals surface area contributed by atoms with Crippen LogP contribution in [0.15, 0.2) is 79.3 Å². The molecule has 5 aromatic rings. The smallest absolute Gasteiger partial charge is 0.168 e. The number of methoxy groups -OCH3 is 1. The van der Waals surface area contributed by atoms with E-state index in [1.54, 1.807) is 30.1 Å². The van der Waals surface area contributed by atoms with Crippen molar-refractivity contribution in [1.29, 1.82) is 0 Å². The molecule has 0 amide bonds. The van der Waals surface area contributed by atoms with Crippen LogP contribution in [0, 0.1) is 5.82 Å². The van der Waals surface area contributed by atoms with Crippen molar-refractivity contribution < 1.29 is 14.2 Å². The van der Waals surface area contributed by atoms with Crippen LogP contribution in [-0.2, 0) is 6.54 Å². The second kappa shape index (κ2) is 8.37. The van der Waals surface area contributed by atoms with Gasteiger partial charge in [-0.2, -0.15) is 0 Å². The predicted octanol–water partition coefficient (Wildman–Crippen LogP) is 5.07. The topological polar surface area (TPSA) is 86.2 Å². The second-order valence-corrected chi connectivity index (χ2v) is 7.56. The SMILES string of the molecule is COc1ccc(-n2cnc3cnc(-c4ccc(-c5ccccc5CN)cc4F)c(O)c32)cc1. The van der Waals surface area contributed by atoms with E-state index in [-0.39, 0.29) is 17.0 Å². The van der Waals surface area contributed by atoms with E-state index in [1.165, 1.54) is 12.3 Å². The molecule has 0 aliphatic carbocycles. The number of fused-ring (bicyclic) bond motifs is 1. The van der Waals surface area contributed by atoms with Crippen LogP contribution in [0.5, 0.6) is 11.5 Å². The Morgan fingerprint density at radius 1 is 1.00 bits per heavy atom. The van der Waals surface area contributed by atoms with E-state index in [4.69, 9.17) is 10.5 Å². The zero-order valence-corrected chi connectivity index (χ0v) is 17.9. The zero-order chi connectivity index (χ0) is 22.9. The number of hydrogen-bond donors (Lipinski definition) is 2. The quantitative estimate of drug-likeness (QED) is 0.399. The number of rotatable bonds is 5. The molecule has 5 rings (SSSR count). The zero-order valence-electron chi connectivity index (χ0n) is 17.9. The molecule has 0 aliphatic heterocycles. The van der Waals surface area contributed by atoms with E-state index >= 15 is 4.39 Å².